The number of hydrogen-bond acceptors (Lipinski definition) is 8. The van der Waals surface area contributed by atoms with Gasteiger partial charge in [0.2, 0.25) is 26.0 Å². The molecule has 0 saturated carbocycles. The Morgan fingerprint density at radius 3 is 2.31 bits per heavy atom. The first-order chi connectivity index (χ1) is 17.0. The number of thioether (sulfide) groups is 1. The number of benzene rings is 2. The van der Waals surface area contributed by atoms with Crippen LogP contribution in [0.2, 0.25) is 0 Å². The fourth-order valence-electron chi connectivity index (χ4n) is 3.30. The Balaban J connectivity index is 1.57. The molecule has 13 heteroatoms. The Kier molecular flexibility index (Phi) is 9.78. The molecule has 0 aliphatic carbocycles. The SMILES string of the molecule is CSc1ccc(S(=O)(=O)NCCOc2ccc(S(=O)(=O)N3CCOCC3)cc2)cc1NC(=O)C(C)C. The number of ether oxygens (including phenoxy) is 2. The fraction of sp³-hybridized carbons (Fsp3) is 0.435. The highest BCUT2D eigenvalue weighted by Gasteiger charge is 2.26. The molecule has 2 aromatic carbocycles. The molecule has 0 bridgehead atoms. The molecule has 0 atom stereocenters. The number of morpholine rings is 1. The van der Waals surface area contributed by atoms with Crippen molar-refractivity contribution in [2.24, 2.45) is 5.92 Å². The maximum absolute atomic E-state index is 12.8. The van der Waals surface area contributed by atoms with Gasteiger partial charge in [0.05, 0.1) is 28.7 Å². The number of hydrogen-bond donors (Lipinski definition) is 2. The van der Waals surface area contributed by atoms with Crippen molar-refractivity contribution in [2.45, 2.75) is 28.5 Å². The number of carbonyl (C=O) groups is 1. The van der Waals surface area contributed by atoms with E-state index in [2.05, 4.69) is 10.0 Å². The van der Waals surface area contributed by atoms with Gasteiger partial charge in [0.1, 0.15) is 12.4 Å². The van der Waals surface area contributed by atoms with E-state index >= 15 is 0 Å². The van der Waals surface area contributed by atoms with Crippen LogP contribution in [0.25, 0.3) is 0 Å². The van der Waals surface area contributed by atoms with Crippen LogP contribution in [0.5, 0.6) is 5.75 Å². The second kappa shape index (κ2) is 12.4. The molecule has 3 rings (SSSR count). The predicted molar refractivity (Wildman–Crippen MR) is 138 cm³/mol. The maximum Gasteiger partial charge on any atom is 0.243 e. The second-order valence-corrected chi connectivity index (χ2v) is 12.8. The molecular weight excluding hydrogens is 526 g/mol. The summed E-state index contributed by atoms with van der Waals surface area (Å²) in [4.78, 5) is 13.0. The van der Waals surface area contributed by atoms with Crippen molar-refractivity contribution in [3.63, 3.8) is 0 Å². The molecule has 1 aliphatic rings. The zero-order chi connectivity index (χ0) is 26.3. The summed E-state index contributed by atoms with van der Waals surface area (Å²) in [5.74, 6) is -0.0353. The number of sulfonamides is 2. The average molecular weight is 558 g/mol. The van der Waals surface area contributed by atoms with Gasteiger partial charge in [-0.25, -0.2) is 21.6 Å². The first kappa shape index (κ1) is 28.4. The first-order valence-corrected chi connectivity index (χ1v) is 15.5. The van der Waals surface area contributed by atoms with Crippen LogP contribution in [0, 0.1) is 5.92 Å². The molecule has 0 radical (unpaired) electrons. The molecule has 36 heavy (non-hydrogen) atoms. The summed E-state index contributed by atoms with van der Waals surface area (Å²) in [7, 11) is -7.44. The highest BCUT2D eigenvalue weighted by Crippen LogP contribution is 2.28. The number of amides is 1. The molecule has 1 saturated heterocycles. The Labute approximate surface area is 216 Å². The van der Waals surface area contributed by atoms with E-state index in [1.54, 1.807) is 19.9 Å². The smallest absolute Gasteiger partial charge is 0.243 e. The summed E-state index contributed by atoms with van der Waals surface area (Å²) < 4.78 is 65.5. The third kappa shape index (κ3) is 7.20. The maximum atomic E-state index is 12.8. The molecule has 0 aromatic heterocycles. The van der Waals surface area contributed by atoms with Crippen LogP contribution in [0.3, 0.4) is 0 Å². The van der Waals surface area contributed by atoms with Gasteiger partial charge in [-0.3, -0.25) is 4.79 Å². The average Bonchev–Trinajstić information content (AvgIpc) is 2.87. The van der Waals surface area contributed by atoms with E-state index in [4.69, 9.17) is 9.47 Å². The molecule has 1 heterocycles. The van der Waals surface area contributed by atoms with E-state index in [0.717, 1.165) is 4.90 Å². The summed E-state index contributed by atoms with van der Waals surface area (Å²) in [6.45, 7) is 4.90. The highest BCUT2D eigenvalue weighted by molar-refractivity contribution is 7.98. The van der Waals surface area contributed by atoms with Crippen molar-refractivity contribution in [3.8, 4) is 5.75 Å². The third-order valence-corrected chi connectivity index (χ3v) is 9.53. The lowest BCUT2D eigenvalue weighted by Crippen LogP contribution is -2.40. The zero-order valence-electron chi connectivity index (χ0n) is 20.4. The van der Waals surface area contributed by atoms with Gasteiger partial charge in [-0.2, -0.15) is 4.31 Å². The van der Waals surface area contributed by atoms with Crippen LogP contribution in [-0.2, 0) is 29.6 Å². The highest BCUT2D eigenvalue weighted by atomic mass is 32.2. The summed E-state index contributed by atoms with van der Waals surface area (Å²) in [6, 6.07) is 10.6. The monoisotopic (exact) mass is 557 g/mol. The van der Waals surface area contributed by atoms with E-state index in [1.165, 1.54) is 52.5 Å². The lowest BCUT2D eigenvalue weighted by molar-refractivity contribution is -0.118. The Morgan fingerprint density at radius 2 is 1.69 bits per heavy atom. The minimum Gasteiger partial charge on any atom is -0.492 e. The van der Waals surface area contributed by atoms with Gasteiger partial charge in [-0.15, -0.1) is 11.8 Å². The number of nitrogens with one attached hydrogen (secondary N) is 2. The van der Waals surface area contributed by atoms with Crippen LogP contribution in [-0.4, -0.2) is 72.8 Å². The Bertz CT molecular complexity index is 1260. The minimum absolute atomic E-state index is 0.00583. The Morgan fingerprint density at radius 1 is 1.06 bits per heavy atom. The number of carbonyl (C=O) groups excluding carboxylic acids is 1. The molecule has 0 spiro atoms. The molecule has 1 aliphatic heterocycles. The van der Waals surface area contributed by atoms with E-state index in [9.17, 15) is 21.6 Å². The lowest BCUT2D eigenvalue weighted by atomic mass is 10.2. The molecule has 10 nitrogen and oxygen atoms in total. The number of anilines is 1. The van der Waals surface area contributed by atoms with Crippen LogP contribution in [0.1, 0.15) is 13.8 Å². The van der Waals surface area contributed by atoms with Crippen LogP contribution < -0.4 is 14.8 Å². The summed E-state index contributed by atoms with van der Waals surface area (Å²) >= 11 is 1.40. The molecule has 2 aromatic rings. The van der Waals surface area contributed by atoms with Gasteiger partial charge in [0, 0.05) is 30.4 Å². The molecular formula is C23H31N3O7S3. The van der Waals surface area contributed by atoms with Gasteiger partial charge >= 0.3 is 0 Å². The van der Waals surface area contributed by atoms with Crippen LogP contribution >= 0.6 is 11.8 Å². The molecule has 1 fully saturated rings. The van der Waals surface area contributed by atoms with Crippen LogP contribution in [0.15, 0.2) is 57.2 Å². The van der Waals surface area contributed by atoms with Crippen molar-refractivity contribution in [3.05, 3.63) is 42.5 Å². The number of nitrogens with zero attached hydrogens (tertiary/aromatic N) is 1. The summed E-state index contributed by atoms with van der Waals surface area (Å²) in [6.07, 6.45) is 1.84. The quantitative estimate of drug-likeness (QED) is 0.318. The molecule has 2 N–H and O–H groups in total. The van der Waals surface area contributed by atoms with E-state index in [0.29, 0.717) is 37.7 Å². The topological polar surface area (TPSA) is 131 Å². The lowest BCUT2D eigenvalue weighted by Gasteiger charge is -2.26. The van der Waals surface area contributed by atoms with Crippen molar-refractivity contribution in [2.75, 3.05) is 51.0 Å². The largest absolute Gasteiger partial charge is 0.492 e. The third-order valence-electron chi connectivity index (χ3n) is 5.36. The standard InChI is InChI=1S/C23H31N3O7S3/c1-17(2)23(27)25-21-16-20(8-9-22(21)34-3)35(28,29)24-10-13-33-18-4-6-19(7-5-18)36(30,31)26-11-14-32-15-12-26/h4-9,16-17,24H,10-15H2,1-3H3,(H,25,27). The molecule has 1 amide bonds. The minimum atomic E-state index is -3.84. The molecule has 0 unspecified atom stereocenters. The van der Waals surface area contributed by atoms with Gasteiger partial charge in [0.15, 0.2) is 0 Å². The van der Waals surface area contributed by atoms with Crippen molar-refractivity contribution in [1.82, 2.24) is 9.03 Å². The van der Waals surface area contributed by atoms with E-state index < -0.39 is 20.0 Å². The Hall–Kier alpha value is -2.16. The zero-order valence-corrected chi connectivity index (χ0v) is 22.8. The van der Waals surface area contributed by atoms with Crippen molar-refractivity contribution >= 4 is 43.4 Å². The molecule has 198 valence electrons. The first-order valence-electron chi connectivity index (χ1n) is 11.3. The van der Waals surface area contributed by atoms with Gasteiger partial charge in [0.25, 0.3) is 0 Å². The predicted octanol–water partition coefficient (Wildman–Crippen LogP) is 2.38. The number of rotatable bonds is 11. The summed E-state index contributed by atoms with van der Waals surface area (Å²) in [5, 5.41) is 2.77. The van der Waals surface area contributed by atoms with E-state index in [-0.39, 0.29) is 34.8 Å². The van der Waals surface area contributed by atoms with Gasteiger partial charge in [-0.1, -0.05) is 13.8 Å². The van der Waals surface area contributed by atoms with Crippen LogP contribution in [0.4, 0.5) is 5.69 Å². The summed E-state index contributed by atoms with van der Waals surface area (Å²) in [5.41, 5.74) is 0.437. The van der Waals surface area contributed by atoms with Gasteiger partial charge in [-0.05, 0) is 48.7 Å². The second-order valence-electron chi connectivity index (χ2n) is 8.24. The normalized spacial score (nSPS) is 15.1. The van der Waals surface area contributed by atoms with E-state index in [1.807, 2.05) is 6.26 Å². The van der Waals surface area contributed by atoms with Gasteiger partial charge < -0.3 is 14.8 Å². The van der Waals surface area contributed by atoms with Crippen molar-refractivity contribution in [1.29, 1.82) is 0 Å². The fourth-order valence-corrected chi connectivity index (χ4v) is 6.28. The van der Waals surface area contributed by atoms with Crippen molar-refractivity contribution < 1.29 is 31.1 Å².